The van der Waals surface area contributed by atoms with Gasteiger partial charge >= 0.3 is 0 Å². The first-order chi connectivity index (χ1) is 32.8. The van der Waals surface area contributed by atoms with Gasteiger partial charge in [-0.25, -0.2) is 0 Å². The minimum absolute atomic E-state index is 0.825. The highest BCUT2D eigenvalue weighted by Gasteiger charge is 2.36. The first-order valence-corrected chi connectivity index (χ1v) is 22.7. The Labute approximate surface area is 381 Å². The van der Waals surface area contributed by atoms with Crippen LogP contribution < -0.4 is 0 Å². The van der Waals surface area contributed by atoms with Crippen molar-refractivity contribution in [3.63, 3.8) is 0 Å². The number of hydrogen-bond acceptors (Lipinski definition) is 6. The molecular weight excluding hydrogens is 805 g/mol. The lowest BCUT2D eigenvalue weighted by molar-refractivity contribution is 0.973. The third-order valence-corrected chi connectivity index (χ3v) is 13.5. The molecule has 66 heavy (non-hydrogen) atoms. The van der Waals surface area contributed by atoms with E-state index in [9.17, 15) is 0 Å². The van der Waals surface area contributed by atoms with Crippen molar-refractivity contribution in [1.82, 2.24) is 29.9 Å². The normalized spacial score (nSPS) is 13.1. The number of fused-ring (bicyclic) bond motifs is 6. The van der Waals surface area contributed by atoms with E-state index in [-0.39, 0.29) is 0 Å². The molecule has 6 heterocycles. The summed E-state index contributed by atoms with van der Waals surface area (Å²) in [7, 11) is 0. The SMILES string of the molecule is C1=Cc2ccnc(-c3c(-c4nccc5ccccc45)c(-c4nccc5ccccc45)c(-c4nccc5c4CCC=C5)c(-c4nccc5ccccc45)c3-c3nccc4ccccc34)c2CC1. The molecule has 0 saturated carbocycles. The van der Waals surface area contributed by atoms with Crippen LogP contribution in [-0.2, 0) is 12.8 Å². The van der Waals surface area contributed by atoms with Gasteiger partial charge < -0.3 is 0 Å². The number of aromatic nitrogens is 6. The average Bonchev–Trinajstić information content (AvgIpc) is 3.39. The summed E-state index contributed by atoms with van der Waals surface area (Å²) in [6.45, 7) is 0. The van der Waals surface area contributed by atoms with E-state index in [1.54, 1.807) is 0 Å². The molecule has 0 N–H and O–H groups in total. The van der Waals surface area contributed by atoms with E-state index in [2.05, 4.69) is 158 Å². The second-order valence-corrected chi connectivity index (χ2v) is 17.1. The van der Waals surface area contributed by atoms with Crippen LogP contribution >= 0.6 is 0 Å². The molecule has 0 unspecified atom stereocenters. The molecule has 2 aliphatic carbocycles. The van der Waals surface area contributed by atoms with Gasteiger partial charge in [-0.15, -0.1) is 0 Å². The van der Waals surface area contributed by atoms with Crippen LogP contribution in [0.4, 0.5) is 0 Å². The van der Waals surface area contributed by atoms with Gasteiger partial charge in [0.25, 0.3) is 0 Å². The van der Waals surface area contributed by atoms with Gasteiger partial charge in [0.15, 0.2) is 0 Å². The molecule has 0 saturated heterocycles. The molecule has 0 spiro atoms. The summed E-state index contributed by atoms with van der Waals surface area (Å²) in [6.07, 6.45) is 24.2. The van der Waals surface area contributed by atoms with E-state index in [1.807, 2.05) is 37.2 Å². The summed E-state index contributed by atoms with van der Waals surface area (Å²) in [6, 6.07) is 47.0. The fourth-order valence-corrected chi connectivity index (χ4v) is 10.6. The predicted molar refractivity (Wildman–Crippen MR) is 271 cm³/mol. The molecule has 0 radical (unpaired) electrons. The molecule has 6 heteroatoms. The summed E-state index contributed by atoms with van der Waals surface area (Å²) < 4.78 is 0. The minimum Gasteiger partial charge on any atom is -0.256 e. The third-order valence-electron chi connectivity index (χ3n) is 13.5. The van der Waals surface area contributed by atoms with Crippen LogP contribution in [0.2, 0.25) is 0 Å². The van der Waals surface area contributed by atoms with E-state index in [0.717, 1.165) is 147 Å². The molecule has 13 rings (SSSR count). The lowest BCUT2D eigenvalue weighted by Crippen LogP contribution is -2.10. The van der Waals surface area contributed by atoms with Gasteiger partial charge in [-0.1, -0.05) is 121 Å². The van der Waals surface area contributed by atoms with E-state index >= 15 is 0 Å². The standard InChI is InChI=1S/C60H40N6/c1-7-19-43-37(13-1)25-31-61-55(43)49-50(56-44-20-8-2-14-38(44)26-32-62-56)52(58-46-22-10-4-16-40(46)28-34-64-58)54(60-48-24-12-6-18-42(48)30-36-66-60)53(59-47-23-11-5-17-41(47)29-35-65-59)51(49)57-45-21-9-3-15-39(45)27-33-63-57/h1-8,11-20,23-36H,9-10,21-22H2. The van der Waals surface area contributed by atoms with E-state index in [1.165, 1.54) is 11.1 Å². The highest BCUT2D eigenvalue weighted by atomic mass is 14.8. The van der Waals surface area contributed by atoms with Crippen LogP contribution in [0, 0.1) is 0 Å². The van der Waals surface area contributed by atoms with Crippen LogP contribution in [0.5, 0.6) is 0 Å². The van der Waals surface area contributed by atoms with Gasteiger partial charge in [-0.05, 0) is 106 Å². The number of pyridine rings is 6. The summed E-state index contributed by atoms with van der Waals surface area (Å²) in [4.78, 5) is 32.9. The molecule has 0 amide bonds. The fraction of sp³-hybridized carbons (Fsp3) is 0.0667. The molecule has 310 valence electrons. The summed E-state index contributed by atoms with van der Waals surface area (Å²) in [5.41, 5.74) is 15.4. The first-order valence-electron chi connectivity index (χ1n) is 22.7. The van der Waals surface area contributed by atoms with E-state index < -0.39 is 0 Å². The number of rotatable bonds is 6. The Bertz CT molecular complexity index is 3390. The van der Waals surface area contributed by atoms with Crippen molar-refractivity contribution in [2.75, 3.05) is 0 Å². The Morgan fingerprint density at radius 3 is 0.879 bits per heavy atom. The Balaban J connectivity index is 1.40. The zero-order valence-electron chi connectivity index (χ0n) is 36.0. The second kappa shape index (κ2) is 15.6. The van der Waals surface area contributed by atoms with Crippen LogP contribution in [0.15, 0.2) is 183 Å². The summed E-state index contributed by atoms with van der Waals surface area (Å²) >= 11 is 0. The van der Waals surface area contributed by atoms with E-state index in [0.29, 0.717) is 0 Å². The van der Waals surface area contributed by atoms with Gasteiger partial charge in [0, 0.05) is 92.1 Å². The molecule has 0 aliphatic heterocycles. The Morgan fingerprint density at radius 2 is 0.545 bits per heavy atom. The topological polar surface area (TPSA) is 77.3 Å². The number of allylic oxidation sites excluding steroid dienone is 2. The Hall–Kier alpha value is -8.48. The predicted octanol–water partition coefficient (Wildman–Crippen LogP) is 14.6. The van der Waals surface area contributed by atoms with Gasteiger partial charge in [0.05, 0.1) is 34.2 Å². The second-order valence-electron chi connectivity index (χ2n) is 17.1. The Kier molecular flexibility index (Phi) is 9.01. The highest BCUT2D eigenvalue weighted by Crippen LogP contribution is 2.58. The number of nitrogens with zero attached hydrogens (tertiary/aromatic N) is 6. The van der Waals surface area contributed by atoms with Crippen molar-refractivity contribution < 1.29 is 0 Å². The third kappa shape index (κ3) is 6.02. The van der Waals surface area contributed by atoms with Gasteiger partial charge in [-0.2, -0.15) is 0 Å². The molecule has 0 fully saturated rings. The van der Waals surface area contributed by atoms with Gasteiger partial charge in [-0.3, -0.25) is 29.9 Å². The molecule has 0 bridgehead atoms. The molecule has 6 nitrogen and oxygen atoms in total. The molecule has 2 aliphatic rings. The molecule has 6 aromatic heterocycles. The lowest BCUT2D eigenvalue weighted by Gasteiger charge is -2.30. The van der Waals surface area contributed by atoms with E-state index in [4.69, 9.17) is 29.9 Å². The summed E-state index contributed by atoms with van der Waals surface area (Å²) in [5, 5.41) is 8.44. The quantitative estimate of drug-likeness (QED) is 0.166. The van der Waals surface area contributed by atoms with Crippen LogP contribution in [0.25, 0.3) is 123 Å². The zero-order chi connectivity index (χ0) is 43.6. The maximum absolute atomic E-state index is 5.51. The Morgan fingerprint density at radius 1 is 0.273 bits per heavy atom. The average molecular weight is 845 g/mol. The van der Waals surface area contributed by atoms with Crippen molar-refractivity contribution >= 4 is 55.2 Å². The molecular formula is C60H40N6. The molecule has 11 aromatic rings. The van der Waals surface area contributed by atoms with Crippen LogP contribution in [0.1, 0.15) is 35.1 Å². The lowest BCUT2D eigenvalue weighted by atomic mass is 9.75. The smallest absolute Gasteiger partial charge is 0.0794 e. The van der Waals surface area contributed by atoms with Crippen molar-refractivity contribution in [1.29, 1.82) is 0 Å². The maximum atomic E-state index is 5.51. The van der Waals surface area contributed by atoms with Crippen molar-refractivity contribution in [2.45, 2.75) is 25.7 Å². The van der Waals surface area contributed by atoms with Crippen molar-refractivity contribution in [3.8, 4) is 67.5 Å². The zero-order valence-corrected chi connectivity index (χ0v) is 36.0. The van der Waals surface area contributed by atoms with Crippen molar-refractivity contribution in [2.24, 2.45) is 0 Å². The van der Waals surface area contributed by atoms with Crippen LogP contribution in [0.3, 0.4) is 0 Å². The first kappa shape index (κ1) is 38.0. The van der Waals surface area contributed by atoms with Crippen molar-refractivity contribution in [3.05, 3.63) is 205 Å². The number of benzene rings is 5. The monoisotopic (exact) mass is 844 g/mol. The molecule has 0 atom stereocenters. The fourth-order valence-electron chi connectivity index (χ4n) is 10.6. The number of hydrogen-bond donors (Lipinski definition) is 0. The van der Waals surface area contributed by atoms with Gasteiger partial charge in [0.1, 0.15) is 0 Å². The van der Waals surface area contributed by atoms with Gasteiger partial charge in [0.2, 0.25) is 0 Å². The van der Waals surface area contributed by atoms with Crippen LogP contribution in [-0.4, -0.2) is 29.9 Å². The molecule has 5 aromatic carbocycles. The largest absolute Gasteiger partial charge is 0.256 e. The minimum atomic E-state index is 0.825. The summed E-state index contributed by atoms with van der Waals surface area (Å²) in [5.74, 6) is 0. The highest BCUT2D eigenvalue weighted by molar-refractivity contribution is 6.21. The maximum Gasteiger partial charge on any atom is 0.0794 e.